The van der Waals surface area contributed by atoms with Crippen LogP contribution in [0.15, 0.2) is 248 Å². The van der Waals surface area contributed by atoms with Crippen LogP contribution >= 0.6 is 27.2 Å². The van der Waals surface area contributed by atoms with Gasteiger partial charge in [0, 0.05) is 0 Å². The van der Waals surface area contributed by atoms with Crippen molar-refractivity contribution in [2.45, 2.75) is 25.2 Å². The average molecular weight is 893 g/mol. The van der Waals surface area contributed by atoms with Gasteiger partial charge in [0.25, 0.3) is 0 Å². The normalized spacial score (nSPS) is 12.0. The minimum atomic E-state index is -0.446. The number of thiophene rings is 1. The molecule has 1 fully saturated rings. The van der Waals surface area contributed by atoms with Crippen molar-refractivity contribution in [3.63, 3.8) is 0 Å². The molecule has 0 saturated heterocycles. The molecule has 1 aromatic heterocycles. The van der Waals surface area contributed by atoms with Crippen molar-refractivity contribution in [2.75, 3.05) is 0 Å². The summed E-state index contributed by atoms with van der Waals surface area (Å²) < 4.78 is 3.29. The van der Waals surface area contributed by atoms with Crippen LogP contribution in [0.25, 0.3) is 0 Å². The van der Waals surface area contributed by atoms with E-state index in [1.807, 2.05) is 47.7 Å². The Balaban J connectivity index is 0.000000139. The molecule has 0 radical (unpaired) electrons. The van der Waals surface area contributed by atoms with Crippen LogP contribution in [0.5, 0.6) is 0 Å². The van der Waals surface area contributed by atoms with Crippen LogP contribution in [0, 0.1) is 5.92 Å². The van der Waals surface area contributed by atoms with Crippen molar-refractivity contribution < 1.29 is 17.9 Å². The summed E-state index contributed by atoms with van der Waals surface area (Å²) in [6, 6.07) is 79.0. The Labute approximate surface area is 362 Å². The Morgan fingerprint density at radius 1 is 0.552 bits per heavy atom. The van der Waals surface area contributed by atoms with Gasteiger partial charge in [0.15, 0.2) is 0 Å². The van der Waals surface area contributed by atoms with Gasteiger partial charge in [-0.05, 0) is 47.7 Å². The maximum Gasteiger partial charge on any atom is -0.0134 e. The third kappa shape index (κ3) is 13.1. The molecular weight excluding hydrogens is 844 g/mol. The minimum Gasteiger partial charge on any atom is -0.214 e. The molecule has 9 rings (SSSR count). The van der Waals surface area contributed by atoms with Crippen LogP contribution < -0.4 is 31.8 Å². The van der Waals surface area contributed by atoms with Gasteiger partial charge < -0.3 is 0 Å². The molecule has 0 nitrogen and oxygen atoms in total. The van der Waals surface area contributed by atoms with Gasteiger partial charge in [-0.3, -0.25) is 0 Å². The van der Waals surface area contributed by atoms with Gasteiger partial charge in [0.1, 0.15) is 0 Å². The van der Waals surface area contributed by atoms with Crippen molar-refractivity contribution in [1.82, 2.24) is 0 Å². The van der Waals surface area contributed by atoms with Crippen LogP contribution in [0.1, 0.15) is 30.1 Å². The molecule has 4 heteroatoms. The van der Waals surface area contributed by atoms with E-state index in [2.05, 4.69) is 228 Å². The van der Waals surface area contributed by atoms with Crippen molar-refractivity contribution in [2.24, 2.45) is 5.92 Å². The Hall–Kier alpha value is -4.76. The maximum atomic E-state index is 3.83. The van der Waals surface area contributed by atoms with Crippen molar-refractivity contribution in [3.8, 4) is 0 Å². The summed E-state index contributed by atoms with van der Waals surface area (Å²) in [5, 5.41) is 10.6. The summed E-state index contributed by atoms with van der Waals surface area (Å²) in [7, 11) is -0.892. The number of hydrogen-bond acceptors (Lipinski definition) is 1. The molecule has 0 N–H and O–H groups in total. The summed E-state index contributed by atoms with van der Waals surface area (Å²) in [6.45, 7) is 3.83. The minimum absolute atomic E-state index is 0.446. The smallest absolute Gasteiger partial charge is 0.0134 e. The van der Waals surface area contributed by atoms with Gasteiger partial charge in [0.05, 0.1) is 0 Å². The van der Waals surface area contributed by atoms with Crippen molar-refractivity contribution in [1.29, 1.82) is 0 Å². The molecule has 0 bridgehead atoms. The Bertz CT molecular complexity index is 2000. The zero-order valence-electron chi connectivity index (χ0n) is 32.7. The van der Waals surface area contributed by atoms with E-state index in [9.17, 15) is 0 Å². The first-order valence-electron chi connectivity index (χ1n) is 19.7. The zero-order chi connectivity index (χ0) is 40.0. The van der Waals surface area contributed by atoms with Gasteiger partial charge in [0.2, 0.25) is 0 Å². The fourth-order valence-electron chi connectivity index (χ4n) is 6.64. The van der Waals surface area contributed by atoms with Gasteiger partial charge in [-0.2, -0.15) is 18.2 Å². The molecule has 8 aromatic rings. The molecule has 289 valence electrons. The van der Waals surface area contributed by atoms with Gasteiger partial charge in [-0.1, -0.05) is 182 Å². The van der Waals surface area contributed by atoms with E-state index in [0.717, 1.165) is 12.3 Å². The molecule has 0 spiro atoms. The zero-order valence-corrected chi connectivity index (χ0v) is 37.0. The van der Waals surface area contributed by atoms with Crippen LogP contribution in [-0.4, -0.2) is 4.26 Å². The standard InChI is InChI=1S/2C18H15P.C13H14S.C5H5.Ru/c2*1-4-10-16(11-5-1)19(17-12-6-2-7-13-17)18-14-8-3-9-15-18;1-3-5-10(2)13(11-7-8-11)12-6-4-9-14-12;1-2-4-5-3-1;/h2*1-15H;3-4,6,9,11,13H,1,5,7-8H2;1-5H;/q;;;-1;+1. The van der Waals surface area contributed by atoms with Crippen molar-refractivity contribution in [3.05, 3.63) is 253 Å². The van der Waals surface area contributed by atoms with Crippen LogP contribution in [0.3, 0.4) is 0 Å². The Kier molecular flexibility index (Phi) is 17.9. The second-order valence-corrected chi connectivity index (χ2v) is 19.4. The third-order valence-electron chi connectivity index (χ3n) is 9.44. The molecule has 1 saturated carbocycles. The topological polar surface area (TPSA) is 0 Å². The maximum absolute atomic E-state index is 3.83. The SMILES string of the molecule is C=CCC(=[C]=[Ru+])C(c1cccs1)C1CC1.c1cc[cH-]c1.c1ccc(P(c2ccccc2)c2ccccc2)cc1.c1ccc(P(c2ccccc2)c2ccccc2)cc1. The van der Waals surface area contributed by atoms with E-state index in [1.54, 1.807) is 0 Å². The van der Waals surface area contributed by atoms with Crippen LogP contribution in [-0.2, 0) is 17.9 Å². The number of benzene rings is 6. The monoisotopic (exact) mass is 893 g/mol. The van der Waals surface area contributed by atoms with Crippen LogP contribution in [0.4, 0.5) is 0 Å². The Morgan fingerprint density at radius 2 is 0.897 bits per heavy atom. The van der Waals surface area contributed by atoms with Crippen molar-refractivity contribution >= 4 is 63.3 Å². The summed E-state index contributed by atoms with van der Waals surface area (Å²) in [5.41, 5.74) is 1.39. The molecule has 7 aromatic carbocycles. The van der Waals surface area contributed by atoms with Gasteiger partial charge in [-0.15, -0.1) is 0 Å². The quantitative estimate of drug-likeness (QED) is 0.0525. The third-order valence-corrected chi connectivity index (χ3v) is 15.8. The van der Waals surface area contributed by atoms with Gasteiger partial charge >= 0.3 is 105 Å². The van der Waals surface area contributed by atoms with Crippen LogP contribution in [0.2, 0.25) is 0 Å². The van der Waals surface area contributed by atoms with Gasteiger partial charge in [-0.25, -0.2) is 12.1 Å². The van der Waals surface area contributed by atoms with E-state index in [1.165, 1.54) is 55.1 Å². The van der Waals surface area contributed by atoms with E-state index in [-0.39, 0.29) is 0 Å². The molecule has 1 heterocycles. The number of allylic oxidation sites excluding steroid dienone is 2. The fourth-order valence-corrected chi connectivity index (χ4v) is 12.6. The molecule has 58 heavy (non-hydrogen) atoms. The molecule has 1 atom stereocenters. The average Bonchev–Trinajstić information content (AvgIpc) is 3.65. The second kappa shape index (κ2) is 24.2. The number of rotatable bonds is 11. The van der Waals surface area contributed by atoms with E-state index < -0.39 is 15.8 Å². The van der Waals surface area contributed by atoms with E-state index in [4.69, 9.17) is 0 Å². The number of hydrogen-bond donors (Lipinski definition) is 0. The predicted molar refractivity (Wildman–Crippen MR) is 255 cm³/mol. The van der Waals surface area contributed by atoms with E-state index >= 15 is 0 Å². The summed E-state index contributed by atoms with van der Waals surface area (Å²) in [6.07, 6.45) is 5.69. The largest absolute Gasteiger partial charge is 0.214 e. The second-order valence-electron chi connectivity index (χ2n) is 13.6. The first-order chi connectivity index (χ1) is 28.8. The molecule has 1 aliphatic carbocycles. The molecule has 1 unspecified atom stereocenters. The molecule has 1 aliphatic rings. The Morgan fingerprint density at radius 3 is 1.12 bits per heavy atom. The summed E-state index contributed by atoms with van der Waals surface area (Å²) in [4.78, 5) is 1.49. The molecular formula is C54H49P2RuS. The predicted octanol–water partition coefficient (Wildman–Crippen LogP) is 12.0. The first kappa shape index (κ1) is 42.8. The summed E-state index contributed by atoms with van der Waals surface area (Å²) >= 11 is 4.40. The van der Waals surface area contributed by atoms with E-state index in [0.29, 0.717) is 5.92 Å². The molecule has 0 aliphatic heterocycles. The molecule has 0 amide bonds. The summed E-state index contributed by atoms with van der Waals surface area (Å²) in [5.74, 6) is 1.46. The first-order valence-corrected chi connectivity index (χ1v) is 24.1. The fraction of sp³-hybridized carbons (Fsp3) is 0.0926.